The first kappa shape index (κ1) is 11.2. The molecular formula is C12H18BrNO. The highest BCUT2D eigenvalue weighted by Crippen LogP contribution is 2.48. The molecule has 84 valence electrons. The normalized spacial score (nSPS) is 25.6. The summed E-state index contributed by atoms with van der Waals surface area (Å²) in [6.07, 6.45) is 1.25. The zero-order valence-electron chi connectivity index (χ0n) is 9.51. The van der Waals surface area contributed by atoms with Crippen LogP contribution in [0, 0.1) is 5.92 Å². The minimum absolute atomic E-state index is 0.219. The summed E-state index contributed by atoms with van der Waals surface area (Å²) in [5.74, 6) is 2.51. The summed E-state index contributed by atoms with van der Waals surface area (Å²) >= 11 is 3.34. The van der Waals surface area contributed by atoms with Crippen LogP contribution in [0.4, 0.5) is 0 Å². The van der Waals surface area contributed by atoms with Crippen LogP contribution in [0.2, 0.25) is 0 Å². The van der Waals surface area contributed by atoms with Gasteiger partial charge in [-0.2, -0.15) is 0 Å². The molecule has 1 heterocycles. The lowest BCUT2D eigenvalue weighted by molar-refractivity contribution is 0.408. The smallest absolute Gasteiger partial charge is 0.169 e. The van der Waals surface area contributed by atoms with Crippen molar-refractivity contribution in [3.05, 3.63) is 22.6 Å². The molecule has 2 rings (SSSR count). The van der Waals surface area contributed by atoms with E-state index in [1.54, 1.807) is 0 Å². The summed E-state index contributed by atoms with van der Waals surface area (Å²) in [5.41, 5.74) is 0.219. The molecule has 2 nitrogen and oxygen atoms in total. The molecule has 1 fully saturated rings. The van der Waals surface area contributed by atoms with Gasteiger partial charge in [-0.1, -0.05) is 0 Å². The Kier molecular flexibility index (Phi) is 2.95. The molecule has 1 aliphatic rings. The Bertz CT molecular complexity index is 340. The molecule has 0 aliphatic heterocycles. The zero-order valence-corrected chi connectivity index (χ0v) is 11.1. The second-order valence-corrected chi connectivity index (χ2v) is 6.16. The maximum Gasteiger partial charge on any atom is 0.169 e. The molecule has 0 amide bonds. The molecular weight excluding hydrogens is 254 g/mol. The van der Waals surface area contributed by atoms with Gasteiger partial charge in [0.25, 0.3) is 0 Å². The highest BCUT2D eigenvalue weighted by atomic mass is 79.9. The number of rotatable bonds is 3. The number of nitrogens with one attached hydrogen (secondary N) is 1. The molecule has 3 heteroatoms. The minimum Gasteiger partial charge on any atom is -0.454 e. The van der Waals surface area contributed by atoms with Crippen LogP contribution in [0.5, 0.6) is 0 Å². The summed E-state index contributed by atoms with van der Waals surface area (Å²) in [6.45, 7) is 7.70. The SMILES string of the molecule is CC(C)(C)NCC1CC1c1ccc(Br)o1. The van der Waals surface area contributed by atoms with Gasteiger partial charge in [0.05, 0.1) is 0 Å². The van der Waals surface area contributed by atoms with E-state index in [-0.39, 0.29) is 5.54 Å². The van der Waals surface area contributed by atoms with Crippen molar-refractivity contribution in [1.82, 2.24) is 5.32 Å². The summed E-state index contributed by atoms with van der Waals surface area (Å²) in [6, 6.07) is 4.05. The molecule has 1 N–H and O–H groups in total. The van der Waals surface area contributed by atoms with E-state index in [0.717, 1.165) is 22.9 Å². The van der Waals surface area contributed by atoms with Gasteiger partial charge in [0.15, 0.2) is 4.67 Å². The Morgan fingerprint density at radius 3 is 2.73 bits per heavy atom. The number of hydrogen-bond acceptors (Lipinski definition) is 2. The molecule has 0 radical (unpaired) electrons. The van der Waals surface area contributed by atoms with Gasteiger partial charge in [-0.3, -0.25) is 0 Å². The average molecular weight is 272 g/mol. The van der Waals surface area contributed by atoms with Crippen LogP contribution in [-0.4, -0.2) is 12.1 Å². The molecule has 1 saturated carbocycles. The van der Waals surface area contributed by atoms with E-state index >= 15 is 0 Å². The lowest BCUT2D eigenvalue weighted by Crippen LogP contribution is -2.37. The second kappa shape index (κ2) is 3.95. The fourth-order valence-corrected chi connectivity index (χ4v) is 2.11. The van der Waals surface area contributed by atoms with Crippen LogP contribution in [0.15, 0.2) is 21.2 Å². The quantitative estimate of drug-likeness (QED) is 0.910. The molecule has 0 bridgehead atoms. The topological polar surface area (TPSA) is 25.2 Å². The summed E-state index contributed by atoms with van der Waals surface area (Å²) < 4.78 is 6.40. The monoisotopic (exact) mass is 271 g/mol. The summed E-state index contributed by atoms with van der Waals surface area (Å²) in [4.78, 5) is 0. The average Bonchev–Trinajstić information content (AvgIpc) is 2.77. The second-order valence-electron chi connectivity index (χ2n) is 5.38. The van der Waals surface area contributed by atoms with E-state index in [0.29, 0.717) is 5.92 Å². The lowest BCUT2D eigenvalue weighted by Gasteiger charge is -2.20. The van der Waals surface area contributed by atoms with E-state index in [1.165, 1.54) is 6.42 Å². The Balaban J connectivity index is 1.81. The van der Waals surface area contributed by atoms with Gasteiger partial charge in [-0.15, -0.1) is 0 Å². The number of hydrogen-bond donors (Lipinski definition) is 1. The van der Waals surface area contributed by atoms with Crippen LogP contribution in [0.25, 0.3) is 0 Å². The van der Waals surface area contributed by atoms with Gasteiger partial charge in [0, 0.05) is 11.5 Å². The number of furan rings is 1. The van der Waals surface area contributed by atoms with Crippen LogP contribution in [0.1, 0.15) is 38.9 Å². The third-order valence-electron chi connectivity index (χ3n) is 2.78. The van der Waals surface area contributed by atoms with Crippen molar-refractivity contribution >= 4 is 15.9 Å². The van der Waals surface area contributed by atoms with Gasteiger partial charge in [-0.05, 0) is 67.7 Å². The lowest BCUT2D eigenvalue weighted by atomic mass is 10.1. The van der Waals surface area contributed by atoms with Crippen molar-refractivity contribution in [2.24, 2.45) is 5.92 Å². The van der Waals surface area contributed by atoms with E-state index in [1.807, 2.05) is 6.07 Å². The van der Waals surface area contributed by atoms with Crippen LogP contribution in [0.3, 0.4) is 0 Å². The zero-order chi connectivity index (χ0) is 11.1. The van der Waals surface area contributed by atoms with Crippen molar-refractivity contribution in [2.45, 2.75) is 38.6 Å². The van der Waals surface area contributed by atoms with Gasteiger partial charge < -0.3 is 9.73 Å². The maximum absolute atomic E-state index is 5.56. The molecule has 1 aromatic rings. The fraction of sp³-hybridized carbons (Fsp3) is 0.667. The molecule has 1 aliphatic carbocycles. The van der Waals surface area contributed by atoms with Crippen molar-refractivity contribution in [2.75, 3.05) is 6.54 Å². The highest BCUT2D eigenvalue weighted by molar-refractivity contribution is 9.10. The largest absolute Gasteiger partial charge is 0.454 e. The Morgan fingerprint density at radius 2 is 2.20 bits per heavy atom. The first-order chi connectivity index (χ1) is 6.96. The number of halogens is 1. The molecule has 2 atom stereocenters. The Labute approximate surface area is 99.6 Å². The van der Waals surface area contributed by atoms with E-state index in [9.17, 15) is 0 Å². The van der Waals surface area contributed by atoms with E-state index in [2.05, 4.69) is 48.1 Å². The first-order valence-corrected chi connectivity index (χ1v) is 6.25. The highest BCUT2D eigenvalue weighted by Gasteiger charge is 2.40. The van der Waals surface area contributed by atoms with Crippen molar-refractivity contribution < 1.29 is 4.42 Å². The summed E-state index contributed by atoms with van der Waals surface area (Å²) in [7, 11) is 0. The molecule has 0 saturated heterocycles. The van der Waals surface area contributed by atoms with Crippen LogP contribution < -0.4 is 5.32 Å². The molecule has 0 aromatic carbocycles. The van der Waals surface area contributed by atoms with Gasteiger partial charge in [0.2, 0.25) is 0 Å². The third kappa shape index (κ3) is 3.08. The molecule has 1 aromatic heterocycles. The molecule has 0 spiro atoms. The van der Waals surface area contributed by atoms with Crippen molar-refractivity contribution in [3.63, 3.8) is 0 Å². The van der Waals surface area contributed by atoms with E-state index < -0.39 is 0 Å². The van der Waals surface area contributed by atoms with Gasteiger partial charge in [0.1, 0.15) is 5.76 Å². The van der Waals surface area contributed by atoms with Gasteiger partial charge >= 0.3 is 0 Å². The van der Waals surface area contributed by atoms with Gasteiger partial charge in [-0.25, -0.2) is 0 Å². The first-order valence-electron chi connectivity index (χ1n) is 5.46. The van der Waals surface area contributed by atoms with Crippen LogP contribution in [-0.2, 0) is 0 Å². The van der Waals surface area contributed by atoms with E-state index in [4.69, 9.17) is 4.42 Å². The standard InChI is InChI=1S/C12H18BrNO/c1-12(2,3)14-7-8-6-9(8)10-4-5-11(13)15-10/h4-5,8-9,14H,6-7H2,1-3H3. The fourth-order valence-electron chi connectivity index (χ4n) is 1.79. The van der Waals surface area contributed by atoms with Crippen molar-refractivity contribution in [1.29, 1.82) is 0 Å². The Morgan fingerprint density at radius 1 is 1.47 bits per heavy atom. The summed E-state index contributed by atoms with van der Waals surface area (Å²) in [5, 5.41) is 3.54. The predicted molar refractivity (Wildman–Crippen MR) is 65.0 cm³/mol. The Hall–Kier alpha value is -0.280. The third-order valence-corrected chi connectivity index (χ3v) is 3.20. The molecule has 2 unspecified atom stereocenters. The van der Waals surface area contributed by atoms with Crippen molar-refractivity contribution in [3.8, 4) is 0 Å². The predicted octanol–water partition coefficient (Wildman–Crippen LogP) is 3.53. The minimum atomic E-state index is 0.219. The molecule has 15 heavy (non-hydrogen) atoms. The maximum atomic E-state index is 5.56. The van der Waals surface area contributed by atoms with Crippen LogP contribution >= 0.6 is 15.9 Å².